The van der Waals surface area contributed by atoms with Crippen LogP contribution in [0, 0.1) is 41.5 Å². The molecule has 0 heterocycles. The summed E-state index contributed by atoms with van der Waals surface area (Å²) in [6.45, 7) is 18.0. The first kappa shape index (κ1) is 33.2. The Morgan fingerprint density at radius 2 is 0.644 bits per heavy atom. The maximum atomic E-state index is 13.6. The Balaban J connectivity index is 1.63. The Hall–Kier alpha value is -4.71. The molecule has 0 bridgehead atoms. The molecule has 3 unspecified atom stereocenters. The number of hydrogen-bond donors (Lipinski definition) is 3. The van der Waals surface area contributed by atoms with E-state index in [1.807, 2.05) is 98.7 Å². The van der Waals surface area contributed by atoms with Crippen molar-refractivity contribution in [3.8, 4) is 0 Å². The highest BCUT2D eigenvalue weighted by atomic mass is 16.2. The minimum atomic E-state index is -0.367. The third-order valence-corrected chi connectivity index (χ3v) is 8.86. The van der Waals surface area contributed by atoms with E-state index in [1.54, 1.807) is 18.2 Å². The molecule has 3 amide bonds. The van der Waals surface area contributed by atoms with E-state index in [-0.39, 0.29) is 52.5 Å². The van der Waals surface area contributed by atoms with Crippen molar-refractivity contribution in [3.63, 3.8) is 0 Å². The molecule has 0 saturated carbocycles. The second kappa shape index (κ2) is 13.9. The zero-order valence-corrected chi connectivity index (χ0v) is 27.9. The van der Waals surface area contributed by atoms with Crippen LogP contribution in [-0.4, -0.2) is 17.7 Å². The predicted molar refractivity (Wildman–Crippen MR) is 182 cm³/mol. The van der Waals surface area contributed by atoms with Gasteiger partial charge in [-0.2, -0.15) is 0 Å². The molecule has 4 aromatic carbocycles. The van der Waals surface area contributed by atoms with Gasteiger partial charge in [-0.1, -0.05) is 54.6 Å². The summed E-state index contributed by atoms with van der Waals surface area (Å²) in [6.07, 6.45) is 0. The lowest BCUT2D eigenvalue weighted by Crippen LogP contribution is -2.31. The smallest absolute Gasteiger partial charge is 0.251 e. The van der Waals surface area contributed by atoms with Crippen molar-refractivity contribution in [2.24, 2.45) is 0 Å². The molecule has 0 aliphatic rings. The van der Waals surface area contributed by atoms with Gasteiger partial charge in [-0.05, 0) is 131 Å². The second-order valence-corrected chi connectivity index (χ2v) is 12.4. The Morgan fingerprint density at radius 3 is 0.867 bits per heavy atom. The molecule has 6 heteroatoms. The molecular weight excluding hydrogens is 558 g/mol. The van der Waals surface area contributed by atoms with E-state index >= 15 is 0 Å². The second-order valence-electron chi connectivity index (χ2n) is 12.4. The van der Waals surface area contributed by atoms with E-state index in [9.17, 15) is 14.4 Å². The van der Waals surface area contributed by atoms with E-state index in [1.165, 1.54) is 16.7 Å². The topological polar surface area (TPSA) is 87.3 Å². The normalized spacial score (nSPS) is 13.0. The monoisotopic (exact) mass is 603 g/mol. The molecule has 0 aromatic heterocycles. The molecule has 0 spiro atoms. The fourth-order valence-corrected chi connectivity index (χ4v) is 5.21. The van der Waals surface area contributed by atoms with Crippen molar-refractivity contribution in [2.75, 3.05) is 0 Å². The molecule has 0 radical (unpaired) electrons. The van der Waals surface area contributed by atoms with Crippen molar-refractivity contribution >= 4 is 17.7 Å². The highest BCUT2D eigenvalue weighted by molar-refractivity contribution is 6.04. The number of nitrogens with one attached hydrogen (secondary N) is 3. The van der Waals surface area contributed by atoms with Crippen molar-refractivity contribution in [1.82, 2.24) is 16.0 Å². The zero-order valence-electron chi connectivity index (χ0n) is 27.9. The van der Waals surface area contributed by atoms with Crippen LogP contribution < -0.4 is 16.0 Å². The SMILES string of the molecule is Cc1ccc(C(C)NC(=O)c2cc(C(=O)NC(C)c3ccc(C)c(C)c3)cc(C(=O)NC(C)c3ccc(C)c(C)c3)c2)cc1C. The van der Waals surface area contributed by atoms with Crippen LogP contribution in [0.25, 0.3) is 0 Å². The number of carbonyl (C=O) groups is 3. The first-order valence-corrected chi connectivity index (χ1v) is 15.5. The summed E-state index contributed by atoms with van der Waals surface area (Å²) < 4.78 is 0. The highest BCUT2D eigenvalue weighted by Gasteiger charge is 2.21. The quantitative estimate of drug-likeness (QED) is 0.181. The van der Waals surface area contributed by atoms with Gasteiger partial charge < -0.3 is 16.0 Å². The van der Waals surface area contributed by atoms with Crippen LogP contribution in [0.5, 0.6) is 0 Å². The van der Waals surface area contributed by atoms with Crippen molar-refractivity contribution < 1.29 is 14.4 Å². The van der Waals surface area contributed by atoms with Gasteiger partial charge in [0.15, 0.2) is 0 Å². The predicted octanol–water partition coefficient (Wildman–Crippen LogP) is 8.01. The first-order valence-electron chi connectivity index (χ1n) is 15.5. The van der Waals surface area contributed by atoms with Crippen LogP contribution in [-0.2, 0) is 0 Å². The van der Waals surface area contributed by atoms with E-state index in [2.05, 4.69) is 34.1 Å². The number of amides is 3. The molecule has 45 heavy (non-hydrogen) atoms. The van der Waals surface area contributed by atoms with Crippen molar-refractivity contribution in [3.05, 3.63) is 140 Å². The summed E-state index contributed by atoms with van der Waals surface area (Å²) in [5.74, 6) is -1.10. The molecule has 0 saturated heterocycles. The third-order valence-electron chi connectivity index (χ3n) is 8.86. The number of rotatable bonds is 9. The third kappa shape index (κ3) is 8.07. The Kier molecular flexibility index (Phi) is 10.3. The minimum absolute atomic E-state index is 0.237. The van der Waals surface area contributed by atoms with Crippen LogP contribution in [0.15, 0.2) is 72.8 Å². The van der Waals surface area contributed by atoms with Gasteiger partial charge in [0.1, 0.15) is 0 Å². The van der Waals surface area contributed by atoms with Gasteiger partial charge in [-0.25, -0.2) is 0 Å². The van der Waals surface area contributed by atoms with Crippen LogP contribution in [0.3, 0.4) is 0 Å². The number of benzene rings is 4. The number of hydrogen-bond acceptors (Lipinski definition) is 3. The molecule has 6 nitrogen and oxygen atoms in total. The van der Waals surface area contributed by atoms with E-state index in [0.717, 1.165) is 33.4 Å². The van der Waals surface area contributed by atoms with Gasteiger partial charge in [0.05, 0.1) is 18.1 Å². The van der Waals surface area contributed by atoms with Crippen LogP contribution in [0.2, 0.25) is 0 Å². The molecule has 4 rings (SSSR count). The van der Waals surface area contributed by atoms with Gasteiger partial charge in [-0.15, -0.1) is 0 Å². The Labute approximate surface area is 267 Å². The van der Waals surface area contributed by atoms with E-state index in [0.29, 0.717) is 0 Å². The molecule has 234 valence electrons. The summed E-state index contributed by atoms with van der Waals surface area (Å²) in [6, 6.07) is 22.1. The van der Waals surface area contributed by atoms with Gasteiger partial charge in [0.25, 0.3) is 17.7 Å². The van der Waals surface area contributed by atoms with Crippen LogP contribution >= 0.6 is 0 Å². The lowest BCUT2D eigenvalue weighted by Gasteiger charge is -2.19. The van der Waals surface area contributed by atoms with E-state index in [4.69, 9.17) is 0 Å². The lowest BCUT2D eigenvalue weighted by atomic mass is 9.99. The standard InChI is InChI=1S/C39H45N3O3/c1-22-10-13-31(16-25(22)4)28(7)40-37(43)34-19-35(38(44)41-29(8)32-14-11-23(2)26(5)17-32)21-36(20-34)39(45)42-30(9)33-15-12-24(3)27(6)18-33/h10-21,28-30H,1-9H3,(H,40,43)(H,41,44)(H,42,45). The summed E-state index contributed by atoms with van der Waals surface area (Å²) in [5, 5.41) is 9.14. The average Bonchev–Trinajstić information content (AvgIpc) is 3.00. The fourth-order valence-electron chi connectivity index (χ4n) is 5.21. The van der Waals surface area contributed by atoms with Crippen molar-refractivity contribution in [1.29, 1.82) is 0 Å². The largest absolute Gasteiger partial charge is 0.346 e. The zero-order chi connectivity index (χ0) is 33.0. The number of aryl methyl sites for hydroxylation is 6. The van der Waals surface area contributed by atoms with Crippen LogP contribution in [0.4, 0.5) is 0 Å². The lowest BCUT2D eigenvalue weighted by molar-refractivity contribution is 0.0939. The number of carbonyl (C=O) groups excluding carboxylic acids is 3. The molecule has 3 atom stereocenters. The van der Waals surface area contributed by atoms with Gasteiger partial charge in [0.2, 0.25) is 0 Å². The Bertz CT molecular complexity index is 1540. The summed E-state index contributed by atoms with van der Waals surface area (Å²) in [7, 11) is 0. The Morgan fingerprint density at radius 1 is 0.400 bits per heavy atom. The van der Waals surface area contributed by atoms with Gasteiger partial charge >= 0.3 is 0 Å². The van der Waals surface area contributed by atoms with Crippen molar-refractivity contribution in [2.45, 2.75) is 80.4 Å². The van der Waals surface area contributed by atoms with Crippen LogP contribution in [0.1, 0.15) is 120 Å². The fraction of sp³-hybridized carbons (Fsp3) is 0.308. The maximum Gasteiger partial charge on any atom is 0.251 e. The van der Waals surface area contributed by atoms with E-state index < -0.39 is 0 Å². The average molecular weight is 604 g/mol. The molecule has 0 fully saturated rings. The molecule has 3 N–H and O–H groups in total. The minimum Gasteiger partial charge on any atom is -0.346 e. The maximum absolute atomic E-state index is 13.6. The summed E-state index contributed by atoms with van der Waals surface area (Å²) in [5.41, 5.74) is 10.6. The van der Waals surface area contributed by atoms with Gasteiger partial charge in [-0.3, -0.25) is 14.4 Å². The molecule has 0 aliphatic heterocycles. The first-order chi connectivity index (χ1) is 21.2. The molecule has 4 aromatic rings. The molecular formula is C39H45N3O3. The summed E-state index contributed by atoms with van der Waals surface area (Å²) in [4.78, 5) is 40.7. The summed E-state index contributed by atoms with van der Waals surface area (Å²) >= 11 is 0. The van der Waals surface area contributed by atoms with Gasteiger partial charge in [0, 0.05) is 16.7 Å². The molecule has 0 aliphatic carbocycles. The highest BCUT2D eigenvalue weighted by Crippen LogP contribution is 2.22.